The van der Waals surface area contributed by atoms with Gasteiger partial charge in [0.2, 0.25) is 5.91 Å². The Kier molecular flexibility index (Phi) is 4.86. The van der Waals surface area contributed by atoms with E-state index in [1.807, 2.05) is 11.0 Å². The number of allylic oxidation sites excluding steroid dienone is 1. The molecule has 2 fully saturated rings. The van der Waals surface area contributed by atoms with Crippen molar-refractivity contribution in [2.24, 2.45) is 10.8 Å². The highest BCUT2D eigenvalue weighted by atomic mass is 16.5. The van der Waals surface area contributed by atoms with Crippen molar-refractivity contribution >= 4 is 5.91 Å². The molecule has 20 heavy (non-hydrogen) atoms. The summed E-state index contributed by atoms with van der Waals surface area (Å²) < 4.78 is 5.27. The number of amides is 1. The number of aliphatic hydroxyl groups excluding tert-OH is 1. The number of piperidine rings is 1. The van der Waals surface area contributed by atoms with E-state index < -0.39 is 0 Å². The van der Waals surface area contributed by atoms with Gasteiger partial charge in [-0.25, -0.2) is 0 Å². The summed E-state index contributed by atoms with van der Waals surface area (Å²) in [6.45, 7) is 5.90. The van der Waals surface area contributed by atoms with Crippen molar-refractivity contribution in [2.45, 2.75) is 38.5 Å². The topological polar surface area (TPSA) is 49.8 Å². The zero-order valence-electron chi connectivity index (χ0n) is 12.6. The highest BCUT2D eigenvalue weighted by Crippen LogP contribution is 2.44. The van der Waals surface area contributed by atoms with Gasteiger partial charge in [-0.3, -0.25) is 4.79 Å². The van der Waals surface area contributed by atoms with E-state index in [9.17, 15) is 9.90 Å². The Morgan fingerprint density at radius 2 is 2.15 bits per heavy atom. The van der Waals surface area contributed by atoms with Crippen LogP contribution in [0.4, 0.5) is 0 Å². The summed E-state index contributed by atoms with van der Waals surface area (Å²) in [6.07, 6.45) is 7.54. The van der Waals surface area contributed by atoms with Gasteiger partial charge in [-0.2, -0.15) is 0 Å². The van der Waals surface area contributed by atoms with Crippen LogP contribution in [0.1, 0.15) is 38.5 Å². The molecule has 1 atom stereocenters. The van der Waals surface area contributed by atoms with Gasteiger partial charge >= 0.3 is 0 Å². The number of carbonyl (C=O) groups excluding carboxylic acids is 1. The first-order valence-corrected chi connectivity index (χ1v) is 7.61. The number of nitrogens with zero attached hydrogens (tertiary/aromatic N) is 1. The number of ether oxygens (including phenoxy) is 1. The first-order valence-electron chi connectivity index (χ1n) is 7.61. The van der Waals surface area contributed by atoms with E-state index >= 15 is 0 Å². The van der Waals surface area contributed by atoms with Crippen LogP contribution < -0.4 is 0 Å². The molecule has 0 radical (unpaired) electrons. The highest BCUT2D eigenvalue weighted by molar-refractivity contribution is 5.84. The Labute approximate surface area is 121 Å². The molecule has 1 heterocycles. The van der Waals surface area contributed by atoms with Gasteiger partial charge in [0.05, 0.1) is 18.6 Å². The van der Waals surface area contributed by atoms with Gasteiger partial charge in [-0.05, 0) is 32.1 Å². The molecule has 1 amide bonds. The van der Waals surface area contributed by atoms with Crippen LogP contribution in [-0.4, -0.2) is 49.3 Å². The second-order valence-electron chi connectivity index (χ2n) is 6.55. The van der Waals surface area contributed by atoms with Crippen molar-refractivity contribution in [3.8, 4) is 0 Å². The van der Waals surface area contributed by atoms with E-state index in [0.29, 0.717) is 13.2 Å². The summed E-state index contributed by atoms with van der Waals surface area (Å²) in [6, 6.07) is 0. The lowest BCUT2D eigenvalue weighted by Gasteiger charge is -2.48. The average Bonchev–Trinajstić information content (AvgIpc) is 2.43. The maximum atomic E-state index is 12.8. The summed E-state index contributed by atoms with van der Waals surface area (Å²) >= 11 is 0. The van der Waals surface area contributed by atoms with Crippen LogP contribution in [0.15, 0.2) is 12.7 Å². The van der Waals surface area contributed by atoms with Crippen LogP contribution in [0, 0.1) is 10.8 Å². The third-order valence-electron chi connectivity index (χ3n) is 5.05. The average molecular weight is 281 g/mol. The van der Waals surface area contributed by atoms with Crippen molar-refractivity contribution < 1.29 is 14.6 Å². The minimum Gasteiger partial charge on any atom is -0.396 e. The third-order valence-corrected chi connectivity index (χ3v) is 5.05. The predicted molar refractivity (Wildman–Crippen MR) is 78.3 cm³/mol. The van der Waals surface area contributed by atoms with E-state index in [1.165, 1.54) is 0 Å². The van der Waals surface area contributed by atoms with Gasteiger partial charge in [-0.15, -0.1) is 6.58 Å². The van der Waals surface area contributed by atoms with E-state index in [-0.39, 0.29) is 23.3 Å². The van der Waals surface area contributed by atoms with Crippen molar-refractivity contribution in [1.82, 2.24) is 4.90 Å². The predicted octanol–water partition coefficient (Wildman–Crippen LogP) is 1.98. The molecule has 0 spiro atoms. The minimum atomic E-state index is -0.290. The van der Waals surface area contributed by atoms with E-state index in [0.717, 1.165) is 45.1 Å². The van der Waals surface area contributed by atoms with Crippen LogP contribution in [0.2, 0.25) is 0 Å². The lowest BCUT2D eigenvalue weighted by Crippen LogP contribution is -2.55. The zero-order chi connectivity index (χ0) is 14.6. The van der Waals surface area contributed by atoms with Crippen LogP contribution in [0.25, 0.3) is 0 Å². The molecule has 114 valence electrons. The standard InChI is InChI=1S/C16H27NO3/c1-3-6-15(12-18)7-5-10-17(11-15)14(19)16(13-20-2)8-4-9-16/h3,18H,1,4-13H2,2H3. The first kappa shape index (κ1) is 15.5. The van der Waals surface area contributed by atoms with Crippen molar-refractivity contribution in [3.63, 3.8) is 0 Å². The number of likely N-dealkylation sites (tertiary alicyclic amines) is 1. The first-order chi connectivity index (χ1) is 9.61. The molecule has 1 N–H and O–H groups in total. The van der Waals surface area contributed by atoms with Gasteiger partial charge < -0.3 is 14.7 Å². The number of hydrogen-bond donors (Lipinski definition) is 1. The second-order valence-corrected chi connectivity index (χ2v) is 6.55. The molecule has 1 aliphatic carbocycles. The molecule has 4 heteroatoms. The Balaban J connectivity index is 2.08. The van der Waals surface area contributed by atoms with Gasteiger partial charge in [0.1, 0.15) is 0 Å². The largest absolute Gasteiger partial charge is 0.396 e. The Morgan fingerprint density at radius 3 is 2.65 bits per heavy atom. The zero-order valence-corrected chi connectivity index (χ0v) is 12.6. The number of carbonyl (C=O) groups is 1. The maximum absolute atomic E-state index is 12.8. The number of rotatable bonds is 6. The fourth-order valence-electron chi connectivity index (χ4n) is 3.68. The molecule has 0 bridgehead atoms. The van der Waals surface area contributed by atoms with E-state index in [4.69, 9.17) is 4.74 Å². The molecular formula is C16H27NO3. The molecule has 1 unspecified atom stereocenters. The highest BCUT2D eigenvalue weighted by Gasteiger charge is 2.48. The summed E-state index contributed by atoms with van der Waals surface area (Å²) in [5.41, 5.74) is -0.477. The second kappa shape index (κ2) is 6.27. The van der Waals surface area contributed by atoms with Gasteiger partial charge in [-0.1, -0.05) is 12.5 Å². The third kappa shape index (κ3) is 2.77. The molecule has 4 nitrogen and oxygen atoms in total. The Bertz CT molecular complexity index is 365. The lowest BCUT2D eigenvalue weighted by molar-refractivity contribution is -0.156. The normalized spacial score (nSPS) is 28.8. The molecule has 2 rings (SSSR count). The van der Waals surface area contributed by atoms with Gasteiger partial charge in [0.25, 0.3) is 0 Å². The van der Waals surface area contributed by atoms with Gasteiger partial charge in [0, 0.05) is 25.6 Å². The fraction of sp³-hybridized carbons (Fsp3) is 0.812. The molecular weight excluding hydrogens is 254 g/mol. The minimum absolute atomic E-state index is 0.125. The lowest BCUT2D eigenvalue weighted by atomic mass is 9.67. The summed E-state index contributed by atoms with van der Waals surface area (Å²) in [4.78, 5) is 14.8. The molecule has 0 aromatic rings. The van der Waals surface area contributed by atoms with Gasteiger partial charge in [0.15, 0.2) is 0 Å². The summed E-state index contributed by atoms with van der Waals surface area (Å²) in [5, 5.41) is 9.74. The van der Waals surface area contributed by atoms with Crippen molar-refractivity contribution in [1.29, 1.82) is 0 Å². The Hall–Kier alpha value is -0.870. The maximum Gasteiger partial charge on any atom is 0.231 e. The molecule has 1 saturated carbocycles. The molecule has 2 aliphatic rings. The van der Waals surface area contributed by atoms with Crippen molar-refractivity contribution in [2.75, 3.05) is 33.4 Å². The van der Waals surface area contributed by atoms with E-state index in [1.54, 1.807) is 7.11 Å². The van der Waals surface area contributed by atoms with Crippen LogP contribution in [0.3, 0.4) is 0 Å². The Morgan fingerprint density at radius 1 is 1.40 bits per heavy atom. The number of methoxy groups -OCH3 is 1. The molecule has 0 aromatic heterocycles. The number of aliphatic hydroxyl groups is 1. The van der Waals surface area contributed by atoms with E-state index in [2.05, 4.69) is 6.58 Å². The number of hydrogen-bond acceptors (Lipinski definition) is 3. The fourth-order valence-corrected chi connectivity index (χ4v) is 3.68. The van der Waals surface area contributed by atoms with Crippen LogP contribution in [-0.2, 0) is 9.53 Å². The summed E-state index contributed by atoms with van der Waals surface area (Å²) in [7, 11) is 1.67. The van der Waals surface area contributed by atoms with Crippen LogP contribution >= 0.6 is 0 Å². The van der Waals surface area contributed by atoms with Crippen LogP contribution in [0.5, 0.6) is 0 Å². The molecule has 1 aliphatic heterocycles. The smallest absolute Gasteiger partial charge is 0.231 e. The molecule has 1 saturated heterocycles. The molecule has 0 aromatic carbocycles. The summed E-state index contributed by atoms with van der Waals surface area (Å²) in [5.74, 6) is 0.229. The monoisotopic (exact) mass is 281 g/mol. The quantitative estimate of drug-likeness (QED) is 0.757. The van der Waals surface area contributed by atoms with Crippen molar-refractivity contribution in [3.05, 3.63) is 12.7 Å². The SMILES string of the molecule is C=CCC1(CO)CCCN(C(=O)C2(COC)CCC2)C1.